The van der Waals surface area contributed by atoms with Crippen molar-refractivity contribution >= 4 is 15.9 Å². The number of hydrogen-bond donors (Lipinski definition) is 1. The zero-order valence-corrected chi connectivity index (χ0v) is 20.3. The third-order valence-electron chi connectivity index (χ3n) is 5.96. The summed E-state index contributed by atoms with van der Waals surface area (Å²) in [5.41, 5.74) is -1.49. The van der Waals surface area contributed by atoms with Gasteiger partial charge in [0.25, 0.3) is 0 Å². The van der Waals surface area contributed by atoms with Gasteiger partial charge in [-0.15, -0.1) is 0 Å². The van der Waals surface area contributed by atoms with Gasteiger partial charge in [-0.25, -0.2) is 26.6 Å². The Morgan fingerprint density at radius 3 is 2.32 bits per heavy atom. The van der Waals surface area contributed by atoms with E-state index in [9.17, 15) is 39.6 Å². The highest BCUT2D eigenvalue weighted by molar-refractivity contribution is 7.89. The van der Waals surface area contributed by atoms with Crippen molar-refractivity contribution in [1.82, 2.24) is 24.6 Å². The molecule has 3 heterocycles. The van der Waals surface area contributed by atoms with Crippen molar-refractivity contribution in [3.8, 4) is 11.4 Å². The first-order valence-electron chi connectivity index (χ1n) is 11.0. The van der Waals surface area contributed by atoms with E-state index in [1.54, 1.807) is 0 Å². The first kappa shape index (κ1) is 27.4. The second-order valence-electron chi connectivity index (χ2n) is 8.46. The minimum atomic E-state index is -4.70. The number of amides is 1. The van der Waals surface area contributed by atoms with Gasteiger partial charge in [0, 0.05) is 18.5 Å². The van der Waals surface area contributed by atoms with Crippen LogP contribution in [0.15, 0.2) is 53.8 Å². The third kappa shape index (κ3) is 5.48. The van der Waals surface area contributed by atoms with Gasteiger partial charge in [0.2, 0.25) is 15.9 Å². The van der Waals surface area contributed by atoms with Gasteiger partial charge in [0.15, 0.2) is 5.69 Å². The SMILES string of the molecule is C[C@H]1[C@H](F)C[C@@H](C(=O)NCc2cc(-c3cnc(C(F)(F)F)cn3)ncc2F)N1S(=O)(=O)c1ccc(F)cc1. The number of nitrogens with one attached hydrogen (secondary N) is 1. The predicted octanol–water partition coefficient (Wildman–Crippen LogP) is 3.64. The molecule has 1 aliphatic heterocycles. The van der Waals surface area contributed by atoms with Crippen LogP contribution in [0.25, 0.3) is 11.4 Å². The van der Waals surface area contributed by atoms with Gasteiger partial charge in [-0.1, -0.05) is 0 Å². The van der Waals surface area contributed by atoms with Gasteiger partial charge in [-0.05, 0) is 37.3 Å². The molecule has 1 saturated heterocycles. The van der Waals surface area contributed by atoms with E-state index < -0.39 is 70.7 Å². The van der Waals surface area contributed by atoms with Crippen molar-refractivity contribution in [2.45, 2.75) is 49.2 Å². The molecule has 1 amide bonds. The van der Waals surface area contributed by atoms with Gasteiger partial charge in [-0.3, -0.25) is 14.8 Å². The number of alkyl halides is 4. The van der Waals surface area contributed by atoms with Gasteiger partial charge in [0.05, 0.1) is 35.2 Å². The van der Waals surface area contributed by atoms with E-state index in [2.05, 4.69) is 20.3 Å². The highest BCUT2D eigenvalue weighted by Gasteiger charge is 2.49. The van der Waals surface area contributed by atoms with Crippen LogP contribution in [0.4, 0.5) is 26.3 Å². The number of sulfonamides is 1. The number of benzene rings is 1. The summed E-state index contributed by atoms with van der Waals surface area (Å²) in [6.07, 6.45) is -4.76. The Labute approximate surface area is 212 Å². The Morgan fingerprint density at radius 2 is 1.71 bits per heavy atom. The molecule has 2 aromatic heterocycles. The molecule has 0 unspecified atom stereocenters. The van der Waals surface area contributed by atoms with Crippen molar-refractivity contribution in [2.24, 2.45) is 0 Å². The molecule has 3 atom stereocenters. The van der Waals surface area contributed by atoms with Crippen LogP contribution < -0.4 is 5.32 Å². The van der Waals surface area contributed by atoms with E-state index in [1.807, 2.05) is 0 Å². The molecular weight excluding hydrogens is 540 g/mol. The van der Waals surface area contributed by atoms with Crippen LogP contribution in [0.1, 0.15) is 24.6 Å². The molecule has 8 nitrogen and oxygen atoms in total. The molecule has 202 valence electrons. The van der Waals surface area contributed by atoms with E-state index in [-0.39, 0.29) is 21.8 Å². The summed E-state index contributed by atoms with van der Waals surface area (Å²) in [5.74, 6) is -2.46. The van der Waals surface area contributed by atoms with Crippen LogP contribution >= 0.6 is 0 Å². The molecule has 1 fully saturated rings. The van der Waals surface area contributed by atoms with E-state index in [4.69, 9.17) is 0 Å². The number of carbonyl (C=O) groups excluding carboxylic acids is 1. The maximum absolute atomic E-state index is 14.6. The smallest absolute Gasteiger partial charge is 0.351 e. The Hall–Kier alpha value is -3.59. The molecule has 0 spiro atoms. The monoisotopic (exact) mass is 559 g/mol. The van der Waals surface area contributed by atoms with Crippen molar-refractivity contribution in [2.75, 3.05) is 0 Å². The lowest BCUT2D eigenvalue weighted by Crippen LogP contribution is -2.48. The van der Waals surface area contributed by atoms with Crippen LogP contribution in [-0.4, -0.2) is 51.8 Å². The Bertz CT molecular complexity index is 1440. The maximum atomic E-state index is 14.6. The lowest BCUT2D eigenvalue weighted by Gasteiger charge is -2.27. The molecule has 0 aliphatic carbocycles. The molecule has 0 bridgehead atoms. The normalized spacial score (nSPS) is 20.4. The van der Waals surface area contributed by atoms with Crippen molar-refractivity contribution < 1.29 is 39.6 Å². The number of pyridine rings is 1. The Kier molecular flexibility index (Phi) is 7.43. The van der Waals surface area contributed by atoms with Crippen LogP contribution in [-0.2, 0) is 27.5 Å². The zero-order chi connectivity index (χ0) is 27.8. The van der Waals surface area contributed by atoms with Crippen molar-refractivity contribution in [3.05, 3.63) is 71.8 Å². The second-order valence-corrected chi connectivity index (χ2v) is 10.3. The molecule has 0 saturated carbocycles. The number of hydrogen-bond acceptors (Lipinski definition) is 6. The summed E-state index contributed by atoms with van der Waals surface area (Å²) >= 11 is 0. The molecule has 4 rings (SSSR count). The number of rotatable bonds is 6. The number of aromatic nitrogens is 3. The average molecular weight is 559 g/mol. The van der Waals surface area contributed by atoms with Crippen LogP contribution in [0, 0.1) is 11.6 Å². The van der Waals surface area contributed by atoms with Gasteiger partial charge in [-0.2, -0.15) is 17.5 Å². The highest BCUT2D eigenvalue weighted by atomic mass is 32.2. The summed E-state index contributed by atoms with van der Waals surface area (Å²) in [4.78, 5) is 23.3. The summed E-state index contributed by atoms with van der Waals surface area (Å²) < 4.78 is 107. The summed E-state index contributed by atoms with van der Waals surface area (Å²) in [7, 11) is -4.39. The van der Waals surface area contributed by atoms with Crippen LogP contribution in [0.3, 0.4) is 0 Å². The van der Waals surface area contributed by atoms with Crippen LogP contribution in [0.2, 0.25) is 0 Å². The fourth-order valence-electron chi connectivity index (χ4n) is 3.96. The Balaban J connectivity index is 1.53. The summed E-state index contributed by atoms with van der Waals surface area (Å²) in [6, 6.07) is 2.28. The lowest BCUT2D eigenvalue weighted by molar-refractivity contribution is -0.141. The fraction of sp³-hybridized carbons (Fsp3) is 0.304. The highest BCUT2D eigenvalue weighted by Crippen LogP contribution is 2.33. The largest absolute Gasteiger partial charge is 0.434 e. The number of halogens is 6. The molecule has 1 aromatic carbocycles. The Morgan fingerprint density at radius 1 is 1.05 bits per heavy atom. The fourth-order valence-corrected chi connectivity index (χ4v) is 5.77. The molecule has 1 N–H and O–H groups in total. The summed E-state index contributed by atoms with van der Waals surface area (Å²) in [5, 5.41) is 2.37. The van der Waals surface area contributed by atoms with Gasteiger partial charge < -0.3 is 5.32 Å². The summed E-state index contributed by atoms with van der Waals surface area (Å²) in [6.45, 7) is 0.819. The minimum Gasteiger partial charge on any atom is -0.351 e. The molecular formula is C23H19F6N5O3S. The zero-order valence-electron chi connectivity index (χ0n) is 19.5. The van der Waals surface area contributed by atoms with Crippen molar-refractivity contribution in [1.29, 1.82) is 0 Å². The number of carbonyl (C=O) groups is 1. The van der Waals surface area contributed by atoms with E-state index >= 15 is 0 Å². The second kappa shape index (κ2) is 10.3. The topological polar surface area (TPSA) is 105 Å². The van der Waals surface area contributed by atoms with E-state index in [0.29, 0.717) is 10.5 Å². The molecule has 38 heavy (non-hydrogen) atoms. The number of nitrogens with zero attached hydrogens (tertiary/aromatic N) is 4. The first-order valence-corrected chi connectivity index (χ1v) is 12.5. The molecule has 3 aromatic rings. The molecule has 15 heteroatoms. The van der Waals surface area contributed by atoms with E-state index in [1.165, 1.54) is 6.92 Å². The first-order chi connectivity index (χ1) is 17.8. The third-order valence-corrected chi connectivity index (χ3v) is 7.97. The minimum absolute atomic E-state index is 0.0318. The van der Waals surface area contributed by atoms with Gasteiger partial charge >= 0.3 is 6.18 Å². The molecule has 1 aliphatic rings. The standard InChI is InChI=1S/C23H19F6N5O3S/c1-12-16(25)7-20(34(12)38(36,37)15-4-2-14(24)3-5-15)22(35)33-8-13-6-18(30-9-17(13)26)19-10-32-21(11-31-19)23(27,28)29/h2-6,9-12,16,20H,7-8H2,1H3,(H,33,35)/t12-,16+,20-/m0/s1. The maximum Gasteiger partial charge on any atom is 0.434 e. The van der Waals surface area contributed by atoms with Gasteiger partial charge in [0.1, 0.15) is 29.5 Å². The van der Waals surface area contributed by atoms with E-state index in [0.717, 1.165) is 42.7 Å². The predicted molar refractivity (Wildman–Crippen MR) is 120 cm³/mol. The molecule has 0 radical (unpaired) electrons. The van der Waals surface area contributed by atoms with Crippen LogP contribution in [0.5, 0.6) is 0 Å². The quantitative estimate of drug-likeness (QED) is 0.463. The van der Waals surface area contributed by atoms with Crippen molar-refractivity contribution in [3.63, 3.8) is 0 Å². The average Bonchev–Trinajstić information content (AvgIpc) is 3.18. The lowest BCUT2D eigenvalue weighted by atomic mass is 10.1.